The summed E-state index contributed by atoms with van der Waals surface area (Å²) >= 11 is 0. The molecule has 3 aliphatic heterocycles. The van der Waals surface area contributed by atoms with Gasteiger partial charge >= 0.3 is 6.18 Å². The van der Waals surface area contributed by atoms with Gasteiger partial charge in [0.1, 0.15) is 6.33 Å². The number of carbonyl (C=O) groups is 1. The van der Waals surface area contributed by atoms with E-state index in [9.17, 15) is 18.0 Å². The van der Waals surface area contributed by atoms with Crippen molar-refractivity contribution in [2.75, 3.05) is 11.4 Å². The Balaban J connectivity index is 1.72. The van der Waals surface area contributed by atoms with Crippen molar-refractivity contribution < 1.29 is 18.0 Å². The van der Waals surface area contributed by atoms with Crippen LogP contribution in [-0.2, 0) is 16.4 Å². The molecule has 0 aliphatic carbocycles. The summed E-state index contributed by atoms with van der Waals surface area (Å²) in [6, 6.07) is 5.19. The number of halogens is 3. The molecule has 0 saturated carbocycles. The van der Waals surface area contributed by atoms with E-state index in [0.717, 1.165) is 12.1 Å². The van der Waals surface area contributed by atoms with Gasteiger partial charge in [-0.3, -0.25) is 4.79 Å². The first-order chi connectivity index (χ1) is 15.4. The number of azo groups is 1. The number of rotatable bonds is 3. The highest BCUT2D eigenvalue weighted by molar-refractivity contribution is 6.09. The van der Waals surface area contributed by atoms with E-state index in [2.05, 4.69) is 25.5 Å². The Morgan fingerprint density at radius 2 is 2.03 bits per heavy atom. The van der Waals surface area contributed by atoms with E-state index in [4.69, 9.17) is 0 Å². The van der Waals surface area contributed by atoms with E-state index in [1.807, 2.05) is 6.92 Å². The van der Waals surface area contributed by atoms with Crippen LogP contribution in [0.3, 0.4) is 0 Å². The third kappa shape index (κ3) is 2.93. The molecule has 3 aliphatic rings. The fourth-order valence-corrected chi connectivity index (χ4v) is 4.89. The molecule has 0 bridgehead atoms. The highest BCUT2D eigenvalue weighted by Crippen LogP contribution is 2.51. The van der Waals surface area contributed by atoms with Gasteiger partial charge in [0, 0.05) is 24.2 Å². The smallest absolute Gasteiger partial charge is 0.362 e. The van der Waals surface area contributed by atoms with Crippen LogP contribution in [0.2, 0.25) is 0 Å². The molecule has 1 aromatic carbocycles. The number of alkyl halides is 3. The largest absolute Gasteiger partial charge is 0.416 e. The molecule has 2 atom stereocenters. The summed E-state index contributed by atoms with van der Waals surface area (Å²) < 4.78 is 40.7. The van der Waals surface area contributed by atoms with E-state index < -0.39 is 23.3 Å². The molecule has 32 heavy (non-hydrogen) atoms. The number of carbonyl (C=O) groups excluding carboxylic acids is 1. The summed E-state index contributed by atoms with van der Waals surface area (Å²) in [5, 5.41) is 11.5. The van der Waals surface area contributed by atoms with Gasteiger partial charge in [0.15, 0.2) is 6.17 Å². The minimum Gasteiger partial charge on any atom is -0.362 e. The predicted octanol–water partition coefficient (Wildman–Crippen LogP) is 4.11. The van der Waals surface area contributed by atoms with E-state index in [-0.39, 0.29) is 5.91 Å². The van der Waals surface area contributed by atoms with E-state index in [1.165, 1.54) is 12.4 Å². The van der Waals surface area contributed by atoms with Crippen LogP contribution < -0.4 is 10.2 Å². The molecule has 1 amide bonds. The van der Waals surface area contributed by atoms with Crippen molar-refractivity contribution in [3.05, 3.63) is 77.2 Å². The molecule has 0 spiro atoms. The minimum atomic E-state index is -4.50. The van der Waals surface area contributed by atoms with Crippen molar-refractivity contribution in [3.63, 3.8) is 0 Å². The van der Waals surface area contributed by atoms with E-state index in [0.29, 0.717) is 47.5 Å². The number of benzene rings is 1. The highest BCUT2D eigenvalue weighted by Gasteiger charge is 2.53. The molecular formula is C22H19F3N6O. The van der Waals surface area contributed by atoms with Crippen molar-refractivity contribution in [1.29, 1.82) is 0 Å². The summed E-state index contributed by atoms with van der Waals surface area (Å²) in [6.45, 7) is 2.26. The zero-order valence-electron chi connectivity index (χ0n) is 17.1. The van der Waals surface area contributed by atoms with Crippen molar-refractivity contribution in [2.45, 2.75) is 37.5 Å². The second kappa shape index (κ2) is 7.25. The Bertz CT molecular complexity index is 1170. The van der Waals surface area contributed by atoms with Crippen LogP contribution in [0.5, 0.6) is 0 Å². The summed E-state index contributed by atoms with van der Waals surface area (Å²) in [6.07, 6.45) is 1.88. The van der Waals surface area contributed by atoms with Crippen molar-refractivity contribution in [2.24, 2.45) is 10.2 Å². The van der Waals surface area contributed by atoms with Gasteiger partial charge in [0.05, 0.1) is 40.8 Å². The molecule has 2 aromatic rings. The monoisotopic (exact) mass is 440 g/mol. The lowest BCUT2D eigenvalue weighted by Gasteiger charge is -2.47. The number of aromatic nitrogens is 2. The Morgan fingerprint density at radius 1 is 1.25 bits per heavy atom. The normalized spacial score (nSPS) is 24.8. The molecule has 0 saturated heterocycles. The van der Waals surface area contributed by atoms with Crippen LogP contribution in [-0.4, -0.2) is 28.6 Å². The molecular weight excluding hydrogens is 421 g/mol. The van der Waals surface area contributed by atoms with Crippen LogP contribution >= 0.6 is 0 Å². The standard InChI is InChI=1S/C22H19F3N6O/c1-2-21(13-4-3-5-14(8-13)22(23,24)25)16-11-28-30-19(16)29-17-6-7-31(20(32)18(17)21)15-9-26-12-27-10-15/h3-5,8-12,19,29H,2,6-7H2,1H3. The van der Waals surface area contributed by atoms with Crippen molar-refractivity contribution in [1.82, 2.24) is 15.3 Å². The molecule has 10 heteroatoms. The maximum Gasteiger partial charge on any atom is 0.416 e. The van der Waals surface area contributed by atoms with Gasteiger partial charge in [-0.2, -0.15) is 23.4 Å². The summed E-state index contributed by atoms with van der Waals surface area (Å²) in [5.74, 6) is -0.293. The van der Waals surface area contributed by atoms with Crippen LogP contribution in [0.15, 0.2) is 76.3 Å². The fourth-order valence-electron chi connectivity index (χ4n) is 4.89. The van der Waals surface area contributed by atoms with E-state index >= 15 is 0 Å². The number of hydrogen-bond donors (Lipinski definition) is 1. The molecule has 0 radical (unpaired) electrons. The summed E-state index contributed by atoms with van der Waals surface area (Å²) in [4.78, 5) is 23.4. The van der Waals surface area contributed by atoms with Gasteiger partial charge < -0.3 is 10.2 Å². The van der Waals surface area contributed by atoms with Gasteiger partial charge in [-0.15, -0.1) is 0 Å². The number of amides is 1. The molecule has 0 fully saturated rings. The average Bonchev–Trinajstić information content (AvgIpc) is 3.27. The van der Waals surface area contributed by atoms with Gasteiger partial charge in [-0.25, -0.2) is 9.97 Å². The number of hydrogen-bond acceptors (Lipinski definition) is 6. The van der Waals surface area contributed by atoms with Crippen LogP contribution in [0.1, 0.15) is 30.9 Å². The first-order valence-electron chi connectivity index (χ1n) is 10.2. The number of nitrogens with one attached hydrogen (secondary N) is 1. The van der Waals surface area contributed by atoms with Gasteiger partial charge in [0.2, 0.25) is 0 Å². The Kier molecular flexibility index (Phi) is 4.61. The van der Waals surface area contributed by atoms with Crippen LogP contribution in [0, 0.1) is 0 Å². The van der Waals surface area contributed by atoms with Crippen LogP contribution in [0.25, 0.3) is 0 Å². The van der Waals surface area contributed by atoms with Gasteiger partial charge in [0.25, 0.3) is 5.91 Å². The third-order valence-corrected chi connectivity index (χ3v) is 6.32. The SMILES string of the molecule is CCC1(c2cccc(C(F)(F)F)c2)C2=CN=NC2NC2=C1C(=O)N(c1cncnc1)CC2. The predicted molar refractivity (Wildman–Crippen MR) is 109 cm³/mol. The fraction of sp³-hybridized carbons (Fsp3) is 0.318. The van der Waals surface area contributed by atoms with Gasteiger partial charge in [-0.1, -0.05) is 25.1 Å². The second-order valence-electron chi connectivity index (χ2n) is 7.86. The van der Waals surface area contributed by atoms with E-state index in [1.54, 1.807) is 29.6 Å². The first-order valence-corrected chi connectivity index (χ1v) is 10.2. The highest BCUT2D eigenvalue weighted by atomic mass is 19.4. The quantitative estimate of drug-likeness (QED) is 0.779. The Labute approximate surface area is 181 Å². The maximum absolute atomic E-state index is 13.8. The number of nitrogens with zero attached hydrogens (tertiary/aromatic N) is 5. The Hall–Kier alpha value is -3.56. The summed E-state index contributed by atoms with van der Waals surface area (Å²) in [7, 11) is 0. The molecule has 1 aromatic heterocycles. The first kappa shape index (κ1) is 20.3. The zero-order chi connectivity index (χ0) is 22.5. The number of anilines is 1. The van der Waals surface area contributed by atoms with Crippen molar-refractivity contribution >= 4 is 11.6 Å². The average molecular weight is 440 g/mol. The molecule has 5 rings (SSSR count). The molecule has 7 nitrogen and oxygen atoms in total. The molecule has 1 N–H and O–H groups in total. The molecule has 2 unspecified atom stereocenters. The second-order valence-corrected chi connectivity index (χ2v) is 7.86. The lowest BCUT2D eigenvalue weighted by molar-refractivity contribution is -0.137. The van der Waals surface area contributed by atoms with Gasteiger partial charge in [-0.05, 0) is 18.1 Å². The zero-order valence-corrected chi connectivity index (χ0v) is 17.1. The van der Waals surface area contributed by atoms with Crippen LogP contribution in [0.4, 0.5) is 18.9 Å². The Morgan fingerprint density at radius 3 is 2.75 bits per heavy atom. The van der Waals surface area contributed by atoms with Crippen molar-refractivity contribution in [3.8, 4) is 0 Å². The maximum atomic E-state index is 13.8. The third-order valence-electron chi connectivity index (χ3n) is 6.32. The minimum absolute atomic E-state index is 0.293. The molecule has 164 valence electrons. The lowest BCUT2D eigenvalue weighted by Crippen LogP contribution is -2.54. The number of fused-ring (bicyclic) bond motifs is 1. The molecule has 4 heterocycles. The topological polar surface area (TPSA) is 82.8 Å². The summed E-state index contributed by atoms with van der Waals surface area (Å²) in [5.41, 5.74) is 0.847. The lowest BCUT2D eigenvalue weighted by atomic mass is 9.62.